The molecule has 0 radical (unpaired) electrons. The highest BCUT2D eigenvalue weighted by atomic mass is 15.3. The van der Waals surface area contributed by atoms with E-state index in [0.717, 1.165) is 31.0 Å². The van der Waals surface area contributed by atoms with E-state index in [1.807, 2.05) is 6.07 Å². The van der Waals surface area contributed by atoms with Gasteiger partial charge < -0.3 is 4.90 Å². The predicted molar refractivity (Wildman–Crippen MR) is 65.9 cm³/mol. The molecule has 1 aromatic rings. The topological polar surface area (TPSA) is 35.2 Å². The molecule has 0 amide bonds. The van der Waals surface area contributed by atoms with Crippen LogP contribution in [-0.4, -0.2) is 52.2 Å². The van der Waals surface area contributed by atoms with Gasteiger partial charge >= 0.3 is 0 Å². The van der Waals surface area contributed by atoms with E-state index in [0.29, 0.717) is 0 Å². The largest absolute Gasteiger partial charge is 0.367 e. The Bertz CT molecular complexity index is 366. The zero-order valence-corrected chi connectivity index (χ0v) is 10.3. The standard InChI is InChI=1S/C12H20N4/c1-10(11-5-6-13-14-11)16-8-7-15(4)12(2,3)9-16/h5-6H,1,7-9H2,2-4H3,(H,13,14). The third-order valence-electron chi connectivity index (χ3n) is 3.51. The number of piperazine rings is 1. The van der Waals surface area contributed by atoms with Crippen molar-refractivity contribution in [2.24, 2.45) is 0 Å². The number of hydrogen-bond donors (Lipinski definition) is 1. The molecule has 16 heavy (non-hydrogen) atoms. The number of aromatic nitrogens is 2. The van der Waals surface area contributed by atoms with Crippen molar-refractivity contribution in [1.29, 1.82) is 0 Å². The summed E-state index contributed by atoms with van der Waals surface area (Å²) in [7, 11) is 2.18. The lowest BCUT2D eigenvalue weighted by Crippen LogP contribution is -2.56. The van der Waals surface area contributed by atoms with E-state index < -0.39 is 0 Å². The van der Waals surface area contributed by atoms with Crippen LogP contribution in [0.15, 0.2) is 18.8 Å². The third kappa shape index (κ3) is 1.97. The van der Waals surface area contributed by atoms with E-state index in [-0.39, 0.29) is 5.54 Å². The van der Waals surface area contributed by atoms with Gasteiger partial charge in [0.2, 0.25) is 0 Å². The van der Waals surface area contributed by atoms with Crippen LogP contribution in [0, 0.1) is 0 Å². The number of aromatic amines is 1. The molecule has 2 heterocycles. The Hall–Kier alpha value is -1.29. The average Bonchev–Trinajstić information content (AvgIpc) is 2.74. The maximum atomic E-state index is 4.15. The molecule has 0 atom stereocenters. The number of likely N-dealkylation sites (N-methyl/N-ethyl adjacent to an activating group) is 1. The summed E-state index contributed by atoms with van der Waals surface area (Å²) < 4.78 is 0. The first-order chi connectivity index (χ1) is 7.50. The number of nitrogens with zero attached hydrogens (tertiary/aromatic N) is 3. The second-order valence-corrected chi connectivity index (χ2v) is 5.07. The van der Waals surface area contributed by atoms with Gasteiger partial charge in [0.25, 0.3) is 0 Å². The summed E-state index contributed by atoms with van der Waals surface area (Å²) in [6.07, 6.45) is 1.77. The molecule has 1 aliphatic heterocycles. The van der Waals surface area contributed by atoms with Gasteiger partial charge in [-0.1, -0.05) is 6.58 Å². The van der Waals surface area contributed by atoms with Crippen molar-refractivity contribution in [3.63, 3.8) is 0 Å². The SMILES string of the molecule is C=C(c1ccn[nH]1)N1CCN(C)C(C)(C)C1. The number of hydrogen-bond acceptors (Lipinski definition) is 3. The van der Waals surface area contributed by atoms with Crippen LogP contribution in [-0.2, 0) is 0 Å². The van der Waals surface area contributed by atoms with Crippen LogP contribution in [0.4, 0.5) is 0 Å². The molecular formula is C12H20N4. The fraction of sp³-hybridized carbons (Fsp3) is 0.583. The van der Waals surface area contributed by atoms with Crippen molar-refractivity contribution in [2.75, 3.05) is 26.7 Å². The monoisotopic (exact) mass is 220 g/mol. The zero-order chi connectivity index (χ0) is 11.8. The molecule has 4 nitrogen and oxygen atoms in total. The number of H-pyrrole nitrogens is 1. The van der Waals surface area contributed by atoms with E-state index in [1.54, 1.807) is 6.20 Å². The highest BCUT2D eigenvalue weighted by Crippen LogP contribution is 2.24. The Morgan fingerprint density at radius 1 is 1.50 bits per heavy atom. The molecule has 0 aliphatic carbocycles. The minimum absolute atomic E-state index is 0.196. The van der Waals surface area contributed by atoms with E-state index in [1.165, 1.54) is 0 Å². The predicted octanol–water partition coefficient (Wildman–Crippen LogP) is 1.41. The summed E-state index contributed by atoms with van der Waals surface area (Å²) in [5, 5.41) is 6.93. The van der Waals surface area contributed by atoms with Gasteiger partial charge in [0, 0.05) is 31.4 Å². The van der Waals surface area contributed by atoms with Gasteiger partial charge in [-0.05, 0) is 27.0 Å². The third-order valence-corrected chi connectivity index (χ3v) is 3.51. The highest BCUT2D eigenvalue weighted by Gasteiger charge is 2.31. The van der Waals surface area contributed by atoms with Crippen LogP contribution in [0.5, 0.6) is 0 Å². The summed E-state index contributed by atoms with van der Waals surface area (Å²) in [6, 6.07) is 1.97. The van der Waals surface area contributed by atoms with E-state index in [2.05, 4.69) is 47.5 Å². The van der Waals surface area contributed by atoms with Gasteiger partial charge in [-0.15, -0.1) is 0 Å². The summed E-state index contributed by atoms with van der Waals surface area (Å²) in [4.78, 5) is 4.72. The van der Waals surface area contributed by atoms with Gasteiger partial charge in [-0.25, -0.2) is 0 Å². The number of nitrogens with one attached hydrogen (secondary N) is 1. The van der Waals surface area contributed by atoms with Crippen molar-refractivity contribution in [3.05, 3.63) is 24.5 Å². The maximum Gasteiger partial charge on any atom is 0.0805 e. The summed E-state index contributed by atoms with van der Waals surface area (Å²) in [5.41, 5.74) is 2.25. The van der Waals surface area contributed by atoms with Crippen molar-refractivity contribution < 1.29 is 0 Å². The lowest BCUT2D eigenvalue weighted by atomic mass is 9.99. The maximum absolute atomic E-state index is 4.15. The zero-order valence-electron chi connectivity index (χ0n) is 10.3. The van der Waals surface area contributed by atoms with Crippen LogP contribution in [0.2, 0.25) is 0 Å². The quantitative estimate of drug-likeness (QED) is 0.818. The normalized spacial score (nSPS) is 21.1. The first-order valence-electron chi connectivity index (χ1n) is 5.65. The Morgan fingerprint density at radius 3 is 2.81 bits per heavy atom. The molecule has 0 spiro atoms. The van der Waals surface area contributed by atoms with Crippen molar-refractivity contribution >= 4 is 5.70 Å². The molecule has 0 saturated carbocycles. The molecule has 1 aliphatic rings. The first-order valence-corrected chi connectivity index (χ1v) is 5.65. The summed E-state index contributed by atoms with van der Waals surface area (Å²) in [6.45, 7) is 11.8. The van der Waals surface area contributed by atoms with Crippen LogP contribution >= 0.6 is 0 Å². The molecule has 1 aromatic heterocycles. The van der Waals surface area contributed by atoms with E-state index >= 15 is 0 Å². The second kappa shape index (κ2) is 3.94. The lowest BCUT2D eigenvalue weighted by molar-refractivity contribution is 0.0697. The smallest absolute Gasteiger partial charge is 0.0805 e. The van der Waals surface area contributed by atoms with Gasteiger partial charge in [-0.3, -0.25) is 10.00 Å². The van der Waals surface area contributed by atoms with Gasteiger partial charge in [0.15, 0.2) is 0 Å². The second-order valence-electron chi connectivity index (χ2n) is 5.07. The highest BCUT2D eigenvalue weighted by molar-refractivity contribution is 5.58. The van der Waals surface area contributed by atoms with E-state index in [9.17, 15) is 0 Å². The molecule has 1 N–H and O–H groups in total. The van der Waals surface area contributed by atoms with Gasteiger partial charge in [0.05, 0.1) is 11.4 Å². The van der Waals surface area contributed by atoms with Crippen LogP contribution < -0.4 is 0 Å². The Balaban J connectivity index is 2.10. The van der Waals surface area contributed by atoms with E-state index in [4.69, 9.17) is 0 Å². The van der Waals surface area contributed by atoms with Crippen LogP contribution in [0.25, 0.3) is 5.70 Å². The summed E-state index contributed by atoms with van der Waals surface area (Å²) >= 11 is 0. The minimum atomic E-state index is 0.196. The molecule has 1 saturated heterocycles. The Labute approximate surface area is 96.9 Å². The van der Waals surface area contributed by atoms with Gasteiger partial charge in [-0.2, -0.15) is 5.10 Å². The Morgan fingerprint density at radius 2 is 2.25 bits per heavy atom. The van der Waals surface area contributed by atoms with Gasteiger partial charge in [0.1, 0.15) is 0 Å². The molecule has 0 bridgehead atoms. The van der Waals surface area contributed by atoms with Crippen LogP contribution in [0.3, 0.4) is 0 Å². The summed E-state index contributed by atoms with van der Waals surface area (Å²) in [5.74, 6) is 0. The molecular weight excluding hydrogens is 200 g/mol. The first kappa shape index (κ1) is 11.2. The lowest BCUT2D eigenvalue weighted by Gasteiger charge is -2.46. The van der Waals surface area contributed by atoms with Crippen molar-refractivity contribution in [2.45, 2.75) is 19.4 Å². The van der Waals surface area contributed by atoms with Crippen LogP contribution in [0.1, 0.15) is 19.5 Å². The Kier molecular flexibility index (Phi) is 2.76. The fourth-order valence-corrected chi connectivity index (χ4v) is 2.06. The molecule has 0 aromatic carbocycles. The molecule has 1 fully saturated rings. The average molecular weight is 220 g/mol. The minimum Gasteiger partial charge on any atom is -0.367 e. The molecule has 0 unspecified atom stereocenters. The van der Waals surface area contributed by atoms with Crippen molar-refractivity contribution in [3.8, 4) is 0 Å². The fourth-order valence-electron chi connectivity index (χ4n) is 2.06. The molecule has 88 valence electrons. The number of rotatable bonds is 2. The van der Waals surface area contributed by atoms with Crippen molar-refractivity contribution in [1.82, 2.24) is 20.0 Å². The molecule has 2 rings (SSSR count). The molecule has 4 heteroatoms.